The van der Waals surface area contributed by atoms with Gasteiger partial charge in [-0.05, 0) is 38.4 Å². The van der Waals surface area contributed by atoms with E-state index in [9.17, 15) is 9.59 Å². The average Bonchev–Trinajstić information content (AvgIpc) is 2.34. The van der Waals surface area contributed by atoms with E-state index in [1.165, 1.54) is 38.4 Å². The maximum Gasteiger partial charge on any atom is 0.335 e. The molecule has 0 aliphatic rings. The van der Waals surface area contributed by atoms with Gasteiger partial charge in [0.25, 0.3) is 0 Å². The third-order valence-electron chi connectivity index (χ3n) is 1.38. The number of carboxylic acids is 2. The number of hydrogen-bond donors (Lipinski definition) is 4. The van der Waals surface area contributed by atoms with Gasteiger partial charge in [0.2, 0.25) is 0 Å². The summed E-state index contributed by atoms with van der Waals surface area (Å²) < 4.78 is 0. The quantitative estimate of drug-likeness (QED) is 0.574. The fourth-order valence-corrected chi connectivity index (χ4v) is 0.755. The molecule has 0 amide bonds. The summed E-state index contributed by atoms with van der Waals surface area (Å²) in [5.41, 5.74) is 9.17. The normalized spacial score (nSPS) is 7.75. The molecule has 1 aromatic carbocycles. The third-order valence-corrected chi connectivity index (χ3v) is 1.38. The van der Waals surface area contributed by atoms with Gasteiger partial charge in [-0.1, -0.05) is 0 Å². The Morgan fingerprint density at radius 2 is 1.00 bits per heavy atom. The highest BCUT2D eigenvalue weighted by Gasteiger charge is 2.04. The molecule has 0 saturated heterocycles. The number of aromatic carboxylic acids is 2. The number of carbonyl (C=O) groups is 2. The van der Waals surface area contributed by atoms with Crippen molar-refractivity contribution in [1.82, 2.24) is 0 Å². The van der Waals surface area contributed by atoms with Gasteiger partial charge in [-0.2, -0.15) is 0 Å². The maximum absolute atomic E-state index is 10.3. The first-order valence-corrected chi connectivity index (χ1v) is 4.33. The van der Waals surface area contributed by atoms with Crippen molar-refractivity contribution in [2.75, 3.05) is 14.1 Å². The van der Waals surface area contributed by atoms with Crippen molar-refractivity contribution >= 4 is 11.9 Å². The highest BCUT2D eigenvalue weighted by Crippen LogP contribution is 2.03. The van der Waals surface area contributed by atoms with Crippen LogP contribution in [0.4, 0.5) is 0 Å². The van der Waals surface area contributed by atoms with E-state index in [1.54, 1.807) is 0 Å². The first-order valence-electron chi connectivity index (χ1n) is 4.33. The van der Waals surface area contributed by atoms with Crippen LogP contribution in [0.2, 0.25) is 0 Å². The molecule has 0 spiro atoms. The molecule has 0 saturated carbocycles. The van der Waals surface area contributed by atoms with Crippen molar-refractivity contribution in [2.24, 2.45) is 11.5 Å². The van der Waals surface area contributed by atoms with Gasteiger partial charge in [0, 0.05) is 0 Å². The van der Waals surface area contributed by atoms with Crippen LogP contribution in [0.15, 0.2) is 24.3 Å². The Bertz CT molecular complexity index is 289. The lowest BCUT2D eigenvalue weighted by molar-refractivity contribution is 0.0681. The predicted molar refractivity (Wildman–Crippen MR) is 60.6 cm³/mol. The molecule has 0 aromatic heterocycles. The van der Waals surface area contributed by atoms with Gasteiger partial charge in [0.05, 0.1) is 11.1 Å². The Hall–Kier alpha value is -1.92. The van der Waals surface area contributed by atoms with Crippen LogP contribution in [0, 0.1) is 0 Å². The minimum Gasteiger partial charge on any atom is -0.478 e. The van der Waals surface area contributed by atoms with Gasteiger partial charge in [0.1, 0.15) is 0 Å². The molecule has 1 rings (SSSR count). The molecule has 16 heavy (non-hydrogen) atoms. The molecule has 6 nitrogen and oxygen atoms in total. The van der Waals surface area contributed by atoms with Crippen LogP contribution in [0.25, 0.3) is 0 Å². The standard InChI is InChI=1S/C8H6O4.2CH5N/c9-7(10)5-1-2-6(4-3-5)8(11)12;2*1-2/h1-4H,(H,9,10)(H,11,12);2*2H2,1H3. The van der Waals surface area contributed by atoms with Crippen LogP contribution < -0.4 is 11.5 Å². The van der Waals surface area contributed by atoms with E-state index in [4.69, 9.17) is 10.2 Å². The third kappa shape index (κ3) is 5.74. The summed E-state index contributed by atoms with van der Waals surface area (Å²) in [7, 11) is 3.00. The van der Waals surface area contributed by atoms with Gasteiger partial charge in [-0.15, -0.1) is 0 Å². The van der Waals surface area contributed by atoms with Crippen molar-refractivity contribution in [3.63, 3.8) is 0 Å². The largest absolute Gasteiger partial charge is 0.478 e. The Kier molecular flexibility index (Phi) is 9.93. The summed E-state index contributed by atoms with van der Waals surface area (Å²) in [6.07, 6.45) is 0. The van der Waals surface area contributed by atoms with E-state index >= 15 is 0 Å². The zero-order valence-corrected chi connectivity index (χ0v) is 9.18. The first-order chi connectivity index (χ1) is 7.61. The molecule has 6 N–H and O–H groups in total. The van der Waals surface area contributed by atoms with Crippen molar-refractivity contribution < 1.29 is 19.8 Å². The van der Waals surface area contributed by atoms with Crippen LogP contribution in [0.5, 0.6) is 0 Å². The lowest BCUT2D eigenvalue weighted by atomic mass is 10.1. The van der Waals surface area contributed by atoms with E-state index in [0.717, 1.165) is 0 Å². The highest BCUT2D eigenvalue weighted by atomic mass is 16.4. The van der Waals surface area contributed by atoms with Gasteiger partial charge >= 0.3 is 11.9 Å². The zero-order chi connectivity index (χ0) is 13.1. The number of carboxylic acid groups (broad SMARTS) is 2. The van der Waals surface area contributed by atoms with Crippen molar-refractivity contribution in [3.8, 4) is 0 Å². The zero-order valence-electron chi connectivity index (χ0n) is 9.18. The second kappa shape index (κ2) is 9.63. The lowest BCUT2D eigenvalue weighted by Gasteiger charge is -1.94. The molecule has 0 radical (unpaired) electrons. The summed E-state index contributed by atoms with van der Waals surface area (Å²) in [5, 5.41) is 16.9. The highest BCUT2D eigenvalue weighted by molar-refractivity contribution is 5.91. The van der Waals surface area contributed by atoms with Gasteiger partial charge < -0.3 is 21.7 Å². The van der Waals surface area contributed by atoms with Crippen LogP contribution in [0.3, 0.4) is 0 Å². The Morgan fingerprint density at radius 1 is 0.812 bits per heavy atom. The Labute approximate surface area is 93.5 Å². The van der Waals surface area contributed by atoms with E-state index in [0.29, 0.717) is 0 Å². The van der Waals surface area contributed by atoms with Gasteiger partial charge in [-0.25, -0.2) is 9.59 Å². The minimum atomic E-state index is -1.06. The van der Waals surface area contributed by atoms with Crippen LogP contribution in [-0.4, -0.2) is 36.2 Å². The Morgan fingerprint density at radius 3 is 1.12 bits per heavy atom. The monoisotopic (exact) mass is 228 g/mol. The average molecular weight is 228 g/mol. The molecule has 0 unspecified atom stereocenters. The van der Waals surface area contributed by atoms with E-state index in [1.807, 2.05) is 0 Å². The number of hydrogen-bond acceptors (Lipinski definition) is 4. The summed E-state index contributed by atoms with van der Waals surface area (Å²) in [5.74, 6) is -2.13. The number of rotatable bonds is 2. The SMILES string of the molecule is CN.CN.O=C(O)c1ccc(C(=O)O)cc1. The van der Waals surface area contributed by atoms with Gasteiger partial charge in [-0.3, -0.25) is 0 Å². The molecule has 0 bridgehead atoms. The molecule has 0 aliphatic carbocycles. The summed E-state index contributed by atoms with van der Waals surface area (Å²) in [6, 6.07) is 5.02. The second-order valence-corrected chi connectivity index (χ2v) is 2.19. The van der Waals surface area contributed by atoms with Gasteiger partial charge in [0.15, 0.2) is 0 Å². The van der Waals surface area contributed by atoms with E-state index in [-0.39, 0.29) is 11.1 Å². The lowest BCUT2D eigenvalue weighted by Crippen LogP contribution is -1.99. The van der Waals surface area contributed by atoms with E-state index in [2.05, 4.69) is 11.5 Å². The fourth-order valence-electron chi connectivity index (χ4n) is 0.755. The van der Waals surface area contributed by atoms with Crippen LogP contribution >= 0.6 is 0 Å². The first kappa shape index (κ1) is 16.5. The van der Waals surface area contributed by atoms with Crippen molar-refractivity contribution in [1.29, 1.82) is 0 Å². The molecule has 6 heteroatoms. The molecule has 0 fully saturated rings. The minimum absolute atomic E-state index is 0.0833. The maximum atomic E-state index is 10.3. The summed E-state index contributed by atoms with van der Waals surface area (Å²) >= 11 is 0. The van der Waals surface area contributed by atoms with Crippen LogP contribution in [0.1, 0.15) is 20.7 Å². The Balaban J connectivity index is 0. The smallest absolute Gasteiger partial charge is 0.335 e. The molecule has 0 heterocycles. The van der Waals surface area contributed by atoms with Crippen LogP contribution in [-0.2, 0) is 0 Å². The molecule has 1 aromatic rings. The molecule has 90 valence electrons. The number of nitrogens with two attached hydrogens (primary N) is 2. The predicted octanol–water partition coefficient (Wildman–Crippen LogP) is 0.233. The summed E-state index contributed by atoms with van der Waals surface area (Å²) in [4.78, 5) is 20.7. The van der Waals surface area contributed by atoms with Crippen molar-refractivity contribution in [2.45, 2.75) is 0 Å². The topological polar surface area (TPSA) is 127 Å². The summed E-state index contributed by atoms with van der Waals surface area (Å²) in [6.45, 7) is 0. The molecule has 0 atom stereocenters. The second-order valence-electron chi connectivity index (χ2n) is 2.19. The molecular formula is C10H16N2O4. The van der Waals surface area contributed by atoms with Crippen molar-refractivity contribution in [3.05, 3.63) is 35.4 Å². The van der Waals surface area contributed by atoms with E-state index < -0.39 is 11.9 Å². The molecular weight excluding hydrogens is 212 g/mol. The number of benzene rings is 1. The molecule has 0 aliphatic heterocycles. The fraction of sp³-hybridized carbons (Fsp3) is 0.200.